The average molecular weight is 125 g/mol. The molecule has 1 heterocycles. The highest BCUT2D eigenvalue weighted by atomic mass is 16.1. The van der Waals surface area contributed by atoms with E-state index in [-0.39, 0.29) is 5.56 Å². The minimum atomic E-state index is -0.153. The molecule has 1 rings (SSSR count). The monoisotopic (exact) mass is 125 g/mol. The summed E-state index contributed by atoms with van der Waals surface area (Å²) in [5, 5.41) is 3.69. The van der Waals surface area contributed by atoms with E-state index in [4.69, 9.17) is 0 Å². The normalized spacial score (nSPS) is 9.00. The number of nitrogens with one attached hydrogen (secondary N) is 1. The van der Waals surface area contributed by atoms with E-state index in [0.29, 0.717) is 0 Å². The van der Waals surface area contributed by atoms with Crippen LogP contribution in [0, 0.1) is 0 Å². The average Bonchev–Trinajstić information content (AvgIpc) is 1.89. The van der Waals surface area contributed by atoms with Gasteiger partial charge in [-0.25, -0.2) is 0 Å². The van der Waals surface area contributed by atoms with Crippen molar-refractivity contribution in [1.82, 2.24) is 9.89 Å². The number of nitrogens with zero attached hydrogens (tertiary/aromatic N) is 2. The number of aromatic nitrogens is 2. The van der Waals surface area contributed by atoms with Crippen molar-refractivity contribution in [1.29, 1.82) is 0 Å². The second kappa shape index (κ2) is 2.30. The second-order valence-corrected chi connectivity index (χ2v) is 1.50. The lowest BCUT2D eigenvalue weighted by atomic mass is 10.6. The van der Waals surface area contributed by atoms with Crippen LogP contribution < -0.4 is 11.0 Å². The minimum Gasteiger partial charge on any atom is -0.309 e. The fraction of sp³-hybridized carbons (Fsp3) is 0.200. The standard InChI is InChI=1S/C5H7N3O/c1-6-8-5(9)3-2-4-7-8/h2-4,6H,1H3. The third-order valence-electron chi connectivity index (χ3n) is 0.928. The topological polar surface area (TPSA) is 46.9 Å². The van der Waals surface area contributed by atoms with Gasteiger partial charge >= 0.3 is 0 Å². The second-order valence-electron chi connectivity index (χ2n) is 1.50. The minimum absolute atomic E-state index is 0.153. The van der Waals surface area contributed by atoms with Crippen LogP contribution in [0.3, 0.4) is 0 Å². The highest BCUT2D eigenvalue weighted by Crippen LogP contribution is 1.66. The fourth-order valence-electron chi connectivity index (χ4n) is 0.526. The quantitative estimate of drug-likeness (QED) is 0.546. The molecular weight excluding hydrogens is 118 g/mol. The van der Waals surface area contributed by atoms with Gasteiger partial charge in [0.2, 0.25) is 0 Å². The SMILES string of the molecule is CNn1ncccc1=O. The summed E-state index contributed by atoms with van der Waals surface area (Å²) in [6, 6.07) is 3.03. The van der Waals surface area contributed by atoms with E-state index in [2.05, 4.69) is 10.5 Å². The Morgan fingerprint density at radius 3 is 3.00 bits per heavy atom. The summed E-state index contributed by atoms with van der Waals surface area (Å²) >= 11 is 0. The van der Waals surface area contributed by atoms with Crippen molar-refractivity contribution in [3.05, 3.63) is 28.7 Å². The zero-order chi connectivity index (χ0) is 6.69. The summed E-state index contributed by atoms with van der Waals surface area (Å²) in [7, 11) is 1.63. The van der Waals surface area contributed by atoms with Gasteiger partial charge in [0.1, 0.15) is 0 Å². The first-order valence-electron chi connectivity index (χ1n) is 2.56. The molecule has 48 valence electrons. The maximum absolute atomic E-state index is 10.7. The van der Waals surface area contributed by atoms with E-state index in [9.17, 15) is 4.79 Å². The van der Waals surface area contributed by atoms with Crippen molar-refractivity contribution in [2.24, 2.45) is 0 Å². The van der Waals surface area contributed by atoms with Crippen LogP contribution in [0.15, 0.2) is 23.1 Å². The molecule has 4 heteroatoms. The molecule has 4 nitrogen and oxygen atoms in total. The number of rotatable bonds is 1. The van der Waals surface area contributed by atoms with Crippen molar-refractivity contribution in [3.63, 3.8) is 0 Å². The first-order valence-corrected chi connectivity index (χ1v) is 2.56. The van der Waals surface area contributed by atoms with E-state index in [1.54, 1.807) is 13.1 Å². The summed E-state index contributed by atoms with van der Waals surface area (Å²) in [5.41, 5.74) is 2.44. The van der Waals surface area contributed by atoms with Gasteiger partial charge in [0.15, 0.2) is 0 Å². The molecule has 0 aliphatic carbocycles. The lowest BCUT2D eigenvalue weighted by Crippen LogP contribution is -2.27. The van der Waals surface area contributed by atoms with Crippen LogP contribution in [0.25, 0.3) is 0 Å². The van der Waals surface area contributed by atoms with Gasteiger partial charge in [-0.15, -0.1) is 4.79 Å². The molecule has 0 fully saturated rings. The molecule has 0 radical (unpaired) electrons. The van der Waals surface area contributed by atoms with Gasteiger partial charge in [0, 0.05) is 19.3 Å². The summed E-state index contributed by atoms with van der Waals surface area (Å²) in [5.74, 6) is 0. The molecule has 0 unspecified atom stereocenters. The van der Waals surface area contributed by atoms with Crippen LogP contribution in [0.5, 0.6) is 0 Å². The van der Waals surface area contributed by atoms with Crippen molar-refractivity contribution in [3.8, 4) is 0 Å². The van der Waals surface area contributed by atoms with E-state index >= 15 is 0 Å². The fourth-order valence-corrected chi connectivity index (χ4v) is 0.526. The van der Waals surface area contributed by atoms with Crippen molar-refractivity contribution >= 4 is 0 Å². The number of hydrogen-bond acceptors (Lipinski definition) is 3. The molecule has 1 aromatic heterocycles. The third kappa shape index (κ3) is 1.07. The molecule has 1 aromatic rings. The Morgan fingerprint density at radius 2 is 2.56 bits per heavy atom. The van der Waals surface area contributed by atoms with Crippen LogP contribution in [0.2, 0.25) is 0 Å². The van der Waals surface area contributed by atoms with E-state index in [0.717, 1.165) is 4.79 Å². The van der Waals surface area contributed by atoms with Gasteiger partial charge in [-0.1, -0.05) is 0 Å². The van der Waals surface area contributed by atoms with Crippen LogP contribution in [-0.4, -0.2) is 16.9 Å². The van der Waals surface area contributed by atoms with E-state index in [1.807, 2.05) is 0 Å². The van der Waals surface area contributed by atoms with Gasteiger partial charge < -0.3 is 5.43 Å². The predicted molar refractivity (Wildman–Crippen MR) is 33.8 cm³/mol. The Morgan fingerprint density at radius 1 is 1.78 bits per heavy atom. The zero-order valence-corrected chi connectivity index (χ0v) is 5.03. The molecule has 0 aliphatic rings. The zero-order valence-electron chi connectivity index (χ0n) is 5.03. The Balaban J connectivity index is 3.16. The summed E-state index contributed by atoms with van der Waals surface area (Å²) in [4.78, 5) is 11.8. The molecule has 0 bridgehead atoms. The lowest BCUT2D eigenvalue weighted by Gasteiger charge is -1.97. The van der Waals surface area contributed by atoms with Crippen molar-refractivity contribution < 1.29 is 0 Å². The van der Waals surface area contributed by atoms with Crippen LogP contribution >= 0.6 is 0 Å². The van der Waals surface area contributed by atoms with Crippen molar-refractivity contribution in [2.75, 3.05) is 12.5 Å². The molecule has 1 N–H and O–H groups in total. The van der Waals surface area contributed by atoms with Gasteiger partial charge in [-0.2, -0.15) is 5.10 Å². The van der Waals surface area contributed by atoms with Gasteiger partial charge in [-0.05, 0) is 6.07 Å². The molecule has 0 atom stereocenters. The maximum Gasteiger partial charge on any atom is 0.285 e. The summed E-state index contributed by atoms with van der Waals surface area (Å²) in [6.45, 7) is 0. The van der Waals surface area contributed by atoms with Gasteiger partial charge in [0.25, 0.3) is 5.56 Å². The van der Waals surface area contributed by atoms with Crippen molar-refractivity contribution in [2.45, 2.75) is 0 Å². The van der Waals surface area contributed by atoms with Crippen LogP contribution in [-0.2, 0) is 0 Å². The predicted octanol–water partition coefficient (Wildman–Crippen LogP) is -0.583. The van der Waals surface area contributed by atoms with E-state index in [1.165, 1.54) is 12.3 Å². The molecule has 0 aliphatic heterocycles. The third-order valence-corrected chi connectivity index (χ3v) is 0.928. The van der Waals surface area contributed by atoms with Crippen LogP contribution in [0.4, 0.5) is 0 Å². The summed E-state index contributed by atoms with van der Waals surface area (Å²) < 4.78 is 0. The number of hydrogen-bond donors (Lipinski definition) is 1. The Kier molecular flexibility index (Phi) is 1.48. The first-order chi connectivity index (χ1) is 4.34. The van der Waals surface area contributed by atoms with Gasteiger partial charge in [0.05, 0.1) is 0 Å². The Bertz CT molecular complexity index is 242. The largest absolute Gasteiger partial charge is 0.309 e. The lowest BCUT2D eigenvalue weighted by molar-refractivity contribution is 0.722. The molecule has 9 heavy (non-hydrogen) atoms. The molecule has 0 aromatic carbocycles. The smallest absolute Gasteiger partial charge is 0.285 e. The van der Waals surface area contributed by atoms with Gasteiger partial charge in [-0.3, -0.25) is 4.79 Å². The first kappa shape index (κ1) is 5.81. The highest BCUT2D eigenvalue weighted by molar-refractivity contribution is 4.85. The molecule has 0 amide bonds. The van der Waals surface area contributed by atoms with E-state index < -0.39 is 0 Å². The summed E-state index contributed by atoms with van der Waals surface area (Å²) in [6.07, 6.45) is 1.54. The molecule has 0 spiro atoms. The Hall–Kier alpha value is -1.32. The molecular formula is C5H7N3O. The maximum atomic E-state index is 10.7. The molecule has 0 saturated carbocycles. The highest BCUT2D eigenvalue weighted by Gasteiger charge is 1.85. The van der Waals surface area contributed by atoms with Crippen LogP contribution in [0.1, 0.15) is 0 Å². The molecule has 0 saturated heterocycles. The Labute approximate surface area is 52.1 Å².